The summed E-state index contributed by atoms with van der Waals surface area (Å²) in [7, 11) is -2.53. The summed E-state index contributed by atoms with van der Waals surface area (Å²) >= 11 is 18.4. The van der Waals surface area contributed by atoms with Crippen molar-refractivity contribution in [2.24, 2.45) is 0 Å². The van der Waals surface area contributed by atoms with E-state index in [1.807, 2.05) is 18.2 Å². The van der Waals surface area contributed by atoms with Gasteiger partial charge in [-0.1, -0.05) is 59.1 Å². The summed E-state index contributed by atoms with van der Waals surface area (Å²) in [6.07, 6.45) is 0. The first-order chi connectivity index (χ1) is 15.7. The van der Waals surface area contributed by atoms with Crippen LogP contribution in [0, 0.1) is 0 Å². The van der Waals surface area contributed by atoms with Crippen molar-refractivity contribution in [1.82, 2.24) is 9.62 Å². The van der Waals surface area contributed by atoms with Gasteiger partial charge in [0.1, 0.15) is 5.75 Å². The van der Waals surface area contributed by atoms with Gasteiger partial charge in [0.2, 0.25) is 15.9 Å². The number of ether oxygens (including phenoxy) is 1. The van der Waals surface area contributed by atoms with E-state index in [1.54, 1.807) is 24.3 Å². The van der Waals surface area contributed by atoms with Crippen LogP contribution in [0.4, 0.5) is 0 Å². The standard InChI is InChI=1S/C23H21Cl3N2O4S/c1-32-22-8-3-2-5-16(22)13-27-23(29)15-28(14-19-20(25)6-4-7-21(19)26)33(30,31)18-11-9-17(24)10-12-18/h2-12H,13-15H2,1H3,(H,27,29). The highest BCUT2D eigenvalue weighted by Crippen LogP contribution is 2.28. The molecule has 0 bridgehead atoms. The van der Waals surface area contributed by atoms with Crippen LogP contribution in [0.5, 0.6) is 5.75 Å². The summed E-state index contributed by atoms with van der Waals surface area (Å²) in [6, 6.07) is 17.8. The van der Waals surface area contributed by atoms with E-state index in [-0.39, 0.29) is 18.0 Å². The van der Waals surface area contributed by atoms with Crippen LogP contribution < -0.4 is 10.1 Å². The topological polar surface area (TPSA) is 75.7 Å². The zero-order valence-electron chi connectivity index (χ0n) is 17.6. The van der Waals surface area contributed by atoms with E-state index in [0.717, 1.165) is 9.87 Å². The zero-order valence-corrected chi connectivity index (χ0v) is 20.7. The van der Waals surface area contributed by atoms with E-state index in [1.165, 1.54) is 31.4 Å². The minimum atomic E-state index is -4.07. The fourth-order valence-corrected chi connectivity index (χ4v) is 5.11. The number of hydrogen-bond acceptors (Lipinski definition) is 4. The lowest BCUT2D eigenvalue weighted by atomic mass is 10.2. The van der Waals surface area contributed by atoms with Gasteiger partial charge in [0, 0.05) is 39.3 Å². The number of rotatable bonds is 9. The second kappa shape index (κ2) is 11.2. The van der Waals surface area contributed by atoms with Crippen LogP contribution in [0.2, 0.25) is 15.1 Å². The van der Waals surface area contributed by atoms with Crippen LogP contribution >= 0.6 is 34.8 Å². The highest BCUT2D eigenvalue weighted by atomic mass is 35.5. The largest absolute Gasteiger partial charge is 0.496 e. The lowest BCUT2D eigenvalue weighted by Gasteiger charge is -2.23. The third-order valence-electron chi connectivity index (χ3n) is 4.84. The molecule has 6 nitrogen and oxygen atoms in total. The number of carbonyl (C=O) groups excluding carboxylic acids is 1. The highest BCUT2D eigenvalue weighted by molar-refractivity contribution is 7.89. The first-order valence-electron chi connectivity index (χ1n) is 9.79. The van der Waals surface area contributed by atoms with E-state index >= 15 is 0 Å². The molecule has 3 rings (SSSR count). The predicted octanol–water partition coefficient (Wildman–Crippen LogP) is 5.16. The zero-order chi connectivity index (χ0) is 24.0. The maximum absolute atomic E-state index is 13.4. The number of methoxy groups -OCH3 is 1. The van der Waals surface area contributed by atoms with Gasteiger partial charge in [-0.25, -0.2) is 8.42 Å². The van der Waals surface area contributed by atoms with Gasteiger partial charge < -0.3 is 10.1 Å². The van der Waals surface area contributed by atoms with Gasteiger partial charge in [0.05, 0.1) is 18.6 Å². The minimum absolute atomic E-state index is 0.00685. The highest BCUT2D eigenvalue weighted by Gasteiger charge is 2.28. The molecule has 0 saturated heterocycles. The summed E-state index contributed by atoms with van der Waals surface area (Å²) in [6.45, 7) is -0.461. The summed E-state index contributed by atoms with van der Waals surface area (Å²) < 4.78 is 33.1. The molecule has 1 amide bonds. The molecular formula is C23H21Cl3N2O4S. The lowest BCUT2D eigenvalue weighted by Crippen LogP contribution is -2.40. The molecule has 0 aliphatic rings. The van der Waals surface area contributed by atoms with Crippen LogP contribution in [-0.4, -0.2) is 32.3 Å². The Kier molecular flexibility index (Phi) is 8.62. The number of amides is 1. The summed E-state index contributed by atoms with van der Waals surface area (Å²) in [5.41, 5.74) is 1.16. The van der Waals surface area contributed by atoms with Gasteiger partial charge >= 0.3 is 0 Å². The molecule has 0 fully saturated rings. The van der Waals surface area contributed by atoms with Crippen molar-refractivity contribution < 1.29 is 17.9 Å². The average Bonchev–Trinajstić information content (AvgIpc) is 2.79. The smallest absolute Gasteiger partial charge is 0.243 e. The molecule has 0 aromatic heterocycles. The molecule has 33 heavy (non-hydrogen) atoms. The van der Waals surface area contributed by atoms with Gasteiger partial charge in [-0.05, 0) is 42.5 Å². The van der Waals surface area contributed by atoms with Gasteiger partial charge in [0.25, 0.3) is 0 Å². The molecule has 0 spiro atoms. The molecule has 0 aliphatic carbocycles. The van der Waals surface area contributed by atoms with Crippen LogP contribution in [0.15, 0.2) is 71.6 Å². The van der Waals surface area contributed by atoms with Gasteiger partial charge in [-0.15, -0.1) is 0 Å². The molecule has 0 aliphatic heterocycles. The van der Waals surface area contributed by atoms with Crippen molar-refractivity contribution >= 4 is 50.7 Å². The van der Waals surface area contributed by atoms with E-state index < -0.39 is 22.5 Å². The Hall–Kier alpha value is -2.29. The van der Waals surface area contributed by atoms with Crippen LogP contribution in [-0.2, 0) is 27.9 Å². The molecule has 0 radical (unpaired) electrons. The molecule has 0 atom stereocenters. The number of nitrogens with one attached hydrogen (secondary N) is 1. The molecule has 10 heteroatoms. The second-order valence-corrected chi connectivity index (χ2v) is 10.2. The Morgan fingerprint density at radius 1 is 0.939 bits per heavy atom. The SMILES string of the molecule is COc1ccccc1CNC(=O)CN(Cc1c(Cl)cccc1Cl)S(=O)(=O)c1ccc(Cl)cc1. The summed E-state index contributed by atoms with van der Waals surface area (Å²) in [5, 5.41) is 3.73. The molecule has 3 aromatic rings. The molecule has 1 N–H and O–H groups in total. The fraction of sp³-hybridized carbons (Fsp3) is 0.174. The van der Waals surface area contributed by atoms with Gasteiger partial charge in [-0.2, -0.15) is 4.31 Å². The molecule has 0 saturated carbocycles. The predicted molar refractivity (Wildman–Crippen MR) is 130 cm³/mol. The number of halogens is 3. The van der Waals surface area contributed by atoms with Crippen LogP contribution in [0.25, 0.3) is 0 Å². The Bertz CT molecular complexity index is 1210. The quantitative estimate of drug-likeness (QED) is 0.417. The first-order valence-corrected chi connectivity index (χ1v) is 12.4. The van der Waals surface area contributed by atoms with E-state index in [4.69, 9.17) is 39.5 Å². The van der Waals surface area contributed by atoms with Gasteiger partial charge in [0.15, 0.2) is 0 Å². The van der Waals surface area contributed by atoms with E-state index in [2.05, 4.69) is 5.32 Å². The minimum Gasteiger partial charge on any atom is -0.496 e. The molecule has 174 valence electrons. The Labute approximate surface area is 208 Å². The first kappa shape index (κ1) is 25.3. The monoisotopic (exact) mass is 526 g/mol. The van der Waals surface area contributed by atoms with Crippen molar-refractivity contribution in [3.05, 3.63) is 92.9 Å². The van der Waals surface area contributed by atoms with Gasteiger partial charge in [-0.3, -0.25) is 4.79 Å². The number of nitrogens with zero attached hydrogens (tertiary/aromatic N) is 1. The normalized spacial score (nSPS) is 11.4. The molecule has 0 unspecified atom stereocenters. The Morgan fingerprint density at radius 3 is 2.21 bits per heavy atom. The average molecular weight is 528 g/mol. The van der Waals surface area contributed by atoms with Crippen LogP contribution in [0.3, 0.4) is 0 Å². The number of benzene rings is 3. The third kappa shape index (κ3) is 6.40. The van der Waals surface area contributed by atoms with Crippen molar-refractivity contribution in [2.75, 3.05) is 13.7 Å². The second-order valence-electron chi connectivity index (χ2n) is 7.02. The van der Waals surface area contributed by atoms with Crippen molar-refractivity contribution in [3.63, 3.8) is 0 Å². The van der Waals surface area contributed by atoms with Crippen molar-refractivity contribution in [3.8, 4) is 5.75 Å². The number of para-hydroxylation sites is 1. The number of carbonyl (C=O) groups is 1. The fourth-order valence-electron chi connectivity index (χ4n) is 3.10. The maximum atomic E-state index is 13.4. The third-order valence-corrected chi connectivity index (χ3v) is 7.60. The Balaban J connectivity index is 1.86. The summed E-state index contributed by atoms with van der Waals surface area (Å²) in [4.78, 5) is 12.8. The lowest BCUT2D eigenvalue weighted by molar-refractivity contribution is -0.121. The molecule has 3 aromatic carbocycles. The number of sulfonamides is 1. The Morgan fingerprint density at radius 2 is 1.58 bits per heavy atom. The summed E-state index contributed by atoms with van der Waals surface area (Å²) in [5.74, 6) is 0.118. The molecular weight excluding hydrogens is 507 g/mol. The van der Waals surface area contributed by atoms with Crippen LogP contribution in [0.1, 0.15) is 11.1 Å². The van der Waals surface area contributed by atoms with Crippen molar-refractivity contribution in [1.29, 1.82) is 0 Å². The van der Waals surface area contributed by atoms with E-state index in [9.17, 15) is 13.2 Å². The van der Waals surface area contributed by atoms with Crippen molar-refractivity contribution in [2.45, 2.75) is 18.0 Å². The molecule has 0 heterocycles. The van der Waals surface area contributed by atoms with E-state index in [0.29, 0.717) is 26.4 Å². The number of hydrogen-bond donors (Lipinski definition) is 1. The maximum Gasteiger partial charge on any atom is 0.243 e.